The molecule has 0 bridgehead atoms. The molecular formula is C17H14N6O3S. The van der Waals surface area contributed by atoms with E-state index in [0.29, 0.717) is 28.0 Å². The molecule has 0 spiro atoms. The summed E-state index contributed by atoms with van der Waals surface area (Å²) in [5, 5.41) is 15.7. The highest BCUT2D eigenvalue weighted by molar-refractivity contribution is 7.12. The van der Waals surface area contributed by atoms with Gasteiger partial charge in [-0.15, -0.1) is 11.3 Å². The minimum absolute atomic E-state index is 0.00764. The van der Waals surface area contributed by atoms with E-state index in [1.165, 1.54) is 28.4 Å². The van der Waals surface area contributed by atoms with Crippen molar-refractivity contribution in [2.75, 3.05) is 29.2 Å². The molecule has 1 N–H and O–H groups in total. The third-order valence-electron chi connectivity index (χ3n) is 4.27. The smallest absolute Gasteiger partial charge is 0.270 e. The number of anilines is 5. The lowest BCUT2D eigenvalue weighted by atomic mass is 10.3. The van der Waals surface area contributed by atoms with E-state index >= 15 is 0 Å². The van der Waals surface area contributed by atoms with Gasteiger partial charge in [0.1, 0.15) is 10.6 Å². The van der Waals surface area contributed by atoms with Gasteiger partial charge in [-0.05, 0) is 23.6 Å². The van der Waals surface area contributed by atoms with Gasteiger partial charge in [-0.1, -0.05) is 0 Å². The molecule has 0 fully saturated rings. The molecule has 9 nitrogen and oxygen atoms in total. The van der Waals surface area contributed by atoms with E-state index < -0.39 is 4.92 Å². The third kappa shape index (κ3) is 2.85. The van der Waals surface area contributed by atoms with Gasteiger partial charge in [-0.3, -0.25) is 14.9 Å². The highest BCUT2D eigenvalue weighted by Crippen LogP contribution is 2.40. The molecule has 1 aliphatic rings. The molecule has 27 heavy (non-hydrogen) atoms. The third-order valence-corrected chi connectivity index (χ3v) is 5.16. The van der Waals surface area contributed by atoms with Crippen LogP contribution in [-0.2, 0) is 0 Å². The molecule has 1 aromatic carbocycles. The number of benzene rings is 1. The van der Waals surface area contributed by atoms with Crippen LogP contribution in [0.15, 0.2) is 41.9 Å². The Morgan fingerprint density at radius 2 is 1.85 bits per heavy atom. The molecule has 0 atom stereocenters. The van der Waals surface area contributed by atoms with Crippen LogP contribution in [0.4, 0.5) is 34.5 Å². The van der Waals surface area contributed by atoms with Gasteiger partial charge in [-0.25, -0.2) is 4.98 Å². The lowest BCUT2D eigenvalue weighted by molar-refractivity contribution is -0.384. The summed E-state index contributed by atoms with van der Waals surface area (Å²) in [6.07, 6.45) is 1.58. The molecule has 0 radical (unpaired) electrons. The van der Waals surface area contributed by atoms with Crippen LogP contribution in [0.2, 0.25) is 0 Å². The van der Waals surface area contributed by atoms with Crippen molar-refractivity contribution in [1.29, 1.82) is 0 Å². The number of fused-ring (bicyclic) bond motifs is 2. The molecule has 2 aromatic heterocycles. The molecule has 10 heteroatoms. The number of nitrogens with one attached hydrogen (secondary N) is 1. The summed E-state index contributed by atoms with van der Waals surface area (Å²) in [5.41, 5.74) is 2.02. The van der Waals surface area contributed by atoms with Gasteiger partial charge in [-0.2, -0.15) is 4.98 Å². The van der Waals surface area contributed by atoms with Gasteiger partial charge < -0.3 is 15.1 Å². The van der Waals surface area contributed by atoms with Crippen molar-refractivity contribution >= 4 is 51.8 Å². The molecule has 0 saturated carbocycles. The number of hydrogen-bond donors (Lipinski definition) is 1. The number of thiophene rings is 1. The van der Waals surface area contributed by atoms with Gasteiger partial charge in [0, 0.05) is 31.9 Å². The van der Waals surface area contributed by atoms with E-state index in [2.05, 4.69) is 15.3 Å². The molecule has 1 amide bonds. The molecular weight excluding hydrogens is 368 g/mol. The molecule has 0 unspecified atom stereocenters. The number of nitro groups is 1. The van der Waals surface area contributed by atoms with Crippen molar-refractivity contribution in [3.63, 3.8) is 0 Å². The number of hydrogen-bond acceptors (Lipinski definition) is 8. The largest absolute Gasteiger partial charge is 0.326 e. The quantitative estimate of drug-likeness (QED) is 0.545. The number of amides is 1. The predicted octanol–water partition coefficient (Wildman–Crippen LogP) is 3.55. The summed E-state index contributed by atoms with van der Waals surface area (Å²) in [6, 6.07) is 7.86. The molecule has 0 aliphatic carbocycles. The maximum absolute atomic E-state index is 12.7. The standard InChI is InChI=1S/C17H14N6O3S/c1-21-12-7-8-27-14(12)16(24)22(2)13-9-18-17(20-15(13)21)19-10-3-5-11(6-4-10)23(25)26/h3-9H,1-2H3,(H,18,19,20). The zero-order chi connectivity index (χ0) is 19.1. The van der Waals surface area contributed by atoms with E-state index in [0.717, 1.165) is 5.69 Å². The number of nitrogens with zero attached hydrogens (tertiary/aromatic N) is 5. The Morgan fingerprint density at radius 1 is 1.11 bits per heavy atom. The lowest BCUT2D eigenvalue weighted by Crippen LogP contribution is -2.25. The minimum Gasteiger partial charge on any atom is -0.326 e. The van der Waals surface area contributed by atoms with Crippen molar-refractivity contribution in [1.82, 2.24) is 9.97 Å². The molecule has 4 rings (SSSR count). The number of carbonyl (C=O) groups excluding carboxylic acids is 1. The fraction of sp³-hybridized carbons (Fsp3) is 0.118. The average molecular weight is 382 g/mol. The summed E-state index contributed by atoms with van der Waals surface area (Å²) < 4.78 is 0. The van der Waals surface area contributed by atoms with Crippen LogP contribution in [0, 0.1) is 10.1 Å². The van der Waals surface area contributed by atoms with Crippen molar-refractivity contribution in [3.05, 3.63) is 56.9 Å². The fourth-order valence-electron chi connectivity index (χ4n) is 2.81. The average Bonchev–Trinajstić information content (AvgIpc) is 3.14. The van der Waals surface area contributed by atoms with Crippen molar-refractivity contribution in [3.8, 4) is 0 Å². The van der Waals surface area contributed by atoms with E-state index in [1.807, 2.05) is 23.4 Å². The van der Waals surface area contributed by atoms with Gasteiger partial charge >= 0.3 is 0 Å². The summed E-state index contributed by atoms with van der Waals surface area (Å²) in [5.74, 6) is 0.807. The Balaban J connectivity index is 1.70. The van der Waals surface area contributed by atoms with Crippen LogP contribution >= 0.6 is 11.3 Å². The Labute approximate surface area is 158 Å². The summed E-state index contributed by atoms with van der Waals surface area (Å²) in [6.45, 7) is 0. The second kappa shape index (κ2) is 6.32. The van der Waals surface area contributed by atoms with Crippen molar-refractivity contribution in [2.24, 2.45) is 0 Å². The van der Waals surface area contributed by atoms with E-state index in [-0.39, 0.29) is 11.6 Å². The summed E-state index contributed by atoms with van der Waals surface area (Å²) >= 11 is 1.38. The van der Waals surface area contributed by atoms with Gasteiger partial charge in [0.05, 0.1) is 16.8 Å². The van der Waals surface area contributed by atoms with Crippen LogP contribution in [0.5, 0.6) is 0 Å². The molecule has 0 saturated heterocycles. The Kier molecular flexibility index (Phi) is 3.96. The monoisotopic (exact) mass is 382 g/mol. The number of rotatable bonds is 3. The van der Waals surface area contributed by atoms with Crippen LogP contribution in [0.3, 0.4) is 0 Å². The Morgan fingerprint density at radius 3 is 2.56 bits per heavy atom. The van der Waals surface area contributed by atoms with Gasteiger partial charge in [0.2, 0.25) is 5.95 Å². The second-order valence-corrected chi connectivity index (χ2v) is 6.81. The minimum atomic E-state index is -0.455. The maximum atomic E-state index is 12.7. The van der Waals surface area contributed by atoms with E-state index in [1.54, 1.807) is 25.4 Å². The number of nitro benzene ring substituents is 1. The van der Waals surface area contributed by atoms with Crippen LogP contribution in [0.1, 0.15) is 9.67 Å². The van der Waals surface area contributed by atoms with Gasteiger partial charge in [0.15, 0.2) is 5.82 Å². The zero-order valence-electron chi connectivity index (χ0n) is 14.4. The van der Waals surface area contributed by atoms with Crippen molar-refractivity contribution in [2.45, 2.75) is 0 Å². The van der Waals surface area contributed by atoms with Crippen LogP contribution in [-0.4, -0.2) is 34.9 Å². The Bertz CT molecular complexity index is 1050. The first kappa shape index (κ1) is 16.9. The summed E-state index contributed by atoms with van der Waals surface area (Å²) in [7, 11) is 3.54. The highest BCUT2D eigenvalue weighted by atomic mass is 32.1. The first-order chi connectivity index (χ1) is 13.0. The van der Waals surface area contributed by atoms with Crippen LogP contribution < -0.4 is 15.1 Å². The molecule has 136 valence electrons. The summed E-state index contributed by atoms with van der Waals surface area (Å²) in [4.78, 5) is 35.8. The Hall–Kier alpha value is -3.53. The normalized spacial score (nSPS) is 13.0. The number of non-ortho nitro benzene ring substituents is 1. The first-order valence-corrected chi connectivity index (χ1v) is 8.81. The second-order valence-electron chi connectivity index (χ2n) is 5.89. The SMILES string of the molecule is CN1C(=O)c2sccc2N(C)c2nc(Nc3ccc([N+](=O)[O-])cc3)ncc21. The maximum Gasteiger partial charge on any atom is 0.270 e. The molecule has 3 heterocycles. The van der Waals surface area contributed by atoms with E-state index in [4.69, 9.17) is 0 Å². The molecule has 1 aliphatic heterocycles. The highest BCUT2D eigenvalue weighted by Gasteiger charge is 2.30. The lowest BCUT2D eigenvalue weighted by Gasteiger charge is -2.20. The molecule has 3 aromatic rings. The predicted molar refractivity (Wildman–Crippen MR) is 104 cm³/mol. The zero-order valence-corrected chi connectivity index (χ0v) is 15.2. The number of aromatic nitrogens is 2. The van der Waals surface area contributed by atoms with Crippen LogP contribution in [0.25, 0.3) is 0 Å². The van der Waals surface area contributed by atoms with Gasteiger partial charge in [0.25, 0.3) is 11.6 Å². The topological polar surface area (TPSA) is 105 Å². The van der Waals surface area contributed by atoms with Crippen molar-refractivity contribution < 1.29 is 9.72 Å². The fourth-order valence-corrected chi connectivity index (χ4v) is 3.70. The first-order valence-electron chi connectivity index (χ1n) is 7.93. The van der Waals surface area contributed by atoms with E-state index in [9.17, 15) is 14.9 Å². The number of carbonyl (C=O) groups is 1.